The second-order valence-corrected chi connectivity index (χ2v) is 2.53. The van der Waals surface area contributed by atoms with Gasteiger partial charge in [0.2, 0.25) is 0 Å². The van der Waals surface area contributed by atoms with Gasteiger partial charge in [-0.05, 0) is 30.7 Å². The highest BCUT2D eigenvalue weighted by molar-refractivity contribution is 6.05. The van der Waals surface area contributed by atoms with E-state index in [1.807, 2.05) is 0 Å². The van der Waals surface area contributed by atoms with Gasteiger partial charge in [0.15, 0.2) is 5.78 Å². The molecule has 0 amide bonds. The van der Waals surface area contributed by atoms with Crippen LogP contribution in [-0.4, -0.2) is 5.78 Å². The Morgan fingerprint density at radius 2 is 2.25 bits per heavy atom. The molecule has 0 N–H and O–H groups in total. The van der Waals surface area contributed by atoms with Crippen molar-refractivity contribution in [3.63, 3.8) is 0 Å². The smallest absolute Gasteiger partial charge is 0.185 e. The number of benzene rings is 1. The molecule has 0 radical (unpaired) electrons. The molecule has 0 atom stereocenters. The van der Waals surface area contributed by atoms with Crippen molar-refractivity contribution >= 4 is 5.78 Å². The zero-order chi connectivity index (χ0) is 9.14. The highest BCUT2D eigenvalue weighted by Crippen LogP contribution is 2.10. The first kappa shape index (κ1) is 8.65. The van der Waals surface area contributed by atoms with Gasteiger partial charge in [0.25, 0.3) is 0 Å². The molecule has 2 heteroatoms. The molecule has 1 nitrogen and oxygen atoms in total. The second-order valence-electron chi connectivity index (χ2n) is 2.53. The summed E-state index contributed by atoms with van der Waals surface area (Å²) in [6, 6.07) is 4.13. The Bertz CT molecular complexity index is 329. The van der Waals surface area contributed by atoms with E-state index in [2.05, 4.69) is 6.58 Å². The fourth-order valence-corrected chi connectivity index (χ4v) is 0.970. The monoisotopic (exact) mass is 164 g/mol. The predicted octanol–water partition coefficient (Wildman–Crippen LogP) is 2.50. The number of allylic oxidation sites excluding steroid dienone is 1. The molecule has 0 unspecified atom stereocenters. The molecule has 0 fully saturated rings. The van der Waals surface area contributed by atoms with E-state index < -0.39 is 5.82 Å². The predicted molar refractivity (Wildman–Crippen MR) is 45.7 cm³/mol. The van der Waals surface area contributed by atoms with Gasteiger partial charge in [-0.25, -0.2) is 4.39 Å². The average Bonchev–Trinajstić information content (AvgIpc) is 2.08. The molecule has 0 saturated carbocycles. The average molecular weight is 164 g/mol. The Hall–Kier alpha value is -1.44. The third kappa shape index (κ3) is 1.59. The Kier molecular flexibility index (Phi) is 2.38. The minimum Gasteiger partial charge on any atom is -0.289 e. The quantitative estimate of drug-likeness (QED) is 0.484. The maximum atomic E-state index is 12.7. The summed E-state index contributed by atoms with van der Waals surface area (Å²) < 4.78 is 12.7. The van der Waals surface area contributed by atoms with Crippen LogP contribution in [0, 0.1) is 12.7 Å². The Balaban J connectivity index is 3.22. The molecule has 12 heavy (non-hydrogen) atoms. The summed E-state index contributed by atoms with van der Waals surface area (Å²) in [6.45, 7) is 5.10. The van der Waals surface area contributed by atoms with E-state index in [9.17, 15) is 9.18 Å². The summed E-state index contributed by atoms with van der Waals surface area (Å²) >= 11 is 0. The number of hydrogen-bond acceptors (Lipinski definition) is 1. The first-order valence-electron chi connectivity index (χ1n) is 3.58. The molecule has 1 aromatic carbocycles. The van der Waals surface area contributed by atoms with Crippen LogP contribution in [0.3, 0.4) is 0 Å². The molecular weight excluding hydrogens is 155 g/mol. The summed E-state index contributed by atoms with van der Waals surface area (Å²) in [4.78, 5) is 11.1. The molecule has 0 heterocycles. The Labute approximate surface area is 70.5 Å². The van der Waals surface area contributed by atoms with Crippen LogP contribution in [0.15, 0.2) is 30.9 Å². The number of carbonyl (C=O) groups is 1. The molecule has 0 saturated heterocycles. The van der Waals surface area contributed by atoms with Crippen molar-refractivity contribution in [1.29, 1.82) is 0 Å². The van der Waals surface area contributed by atoms with Crippen molar-refractivity contribution in [2.45, 2.75) is 6.92 Å². The summed E-state index contributed by atoms with van der Waals surface area (Å²) in [6.07, 6.45) is 1.18. The van der Waals surface area contributed by atoms with Crippen molar-refractivity contribution in [1.82, 2.24) is 0 Å². The van der Waals surface area contributed by atoms with Crippen molar-refractivity contribution in [3.05, 3.63) is 47.8 Å². The minimum absolute atomic E-state index is 0.244. The maximum Gasteiger partial charge on any atom is 0.185 e. The molecular formula is C10H9FO. The number of ketones is 1. The van der Waals surface area contributed by atoms with Gasteiger partial charge in [-0.15, -0.1) is 0 Å². The Morgan fingerprint density at radius 1 is 1.58 bits per heavy atom. The zero-order valence-electron chi connectivity index (χ0n) is 6.80. The van der Waals surface area contributed by atoms with Crippen LogP contribution in [-0.2, 0) is 0 Å². The molecule has 0 aliphatic heterocycles. The van der Waals surface area contributed by atoms with Crippen molar-refractivity contribution in [2.75, 3.05) is 0 Å². The zero-order valence-corrected chi connectivity index (χ0v) is 6.80. The largest absolute Gasteiger partial charge is 0.289 e. The summed E-state index contributed by atoms with van der Waals surface area (Å²) in [5.74, 6) is -0.641. The lowest BCUT2D eigenvalue weighted by Crippen LogP contribution is -1.97. The second kappa shape index (κ2) is 3.30. The van der Waals surface area contributed by atoms with Gasteiger partial charge >= 0.3 is 0 Å². The Morgan fingerprint density at radius 3 is 2.83 bits per heavy atom. The van der Waals surface area contributed by atoms with Gasteiger partial charge in [0.05, 0.1) is 0 Å². The molecule has 1 rings (SSSR count). The lowest BCUT2D eigenvalue weighted by molar-refractivity contribution is 0.104. The topological polar surface area (TPSA) is 17.1 Å². The number of rotatable bonds is 2. The van der Waals surface area contributed by atoms with E-state index in [1.54, 1.807) is 13.0 Å². The normalized spacial score (nSPS) is 9.50. The standard InChI is InChI=1S/C10H9FO/c1-3-10(12)9-6-8(11)5-4-7(9)2/h3-6H,1H2,2H3. The molecule has 0 spiro atoms. The van der Waals surface area contributed by atoms with Crippen molar-refractivity contribution in [3.8, 4) is 0 Å². The molecule has 0 bridgehead atoms. The minimum atomic E-state index is -0.397. The molecule has 0 aromatic heterocycles. The SMILES string of the molecule is C=CC(=O)c1cc(F)ccc1C. The maximum absolute atomic E-state index is 12.7. The number of hydrogen-bond donors (Lipinski definition) is 0. The number of halogens is 1. The van der Waals surface area contributed by atoms with Crippen molar-refractivity contribution in [2.24, 2.45) is 0 Å². The first-order chi connectivity index (χ1) is 5.65. The van der Waals surface area contributed by atoms with Gasteiger partial charge in [-0.1, -0.05) is 12.6 Å². The third-order valence-electron chi connectivity index (χ3n) is 1.65. The molecule has 1 aromatic rings. The van der Waals surface area contributed by atoms with Gasteiger partial charge in [-0.2, -0.15) is 0 Å². The van der Waals surface area contributed by atoms with Crippen LogP contribution in [0.5, 0.6) is 0 Å². The lowest BCUT2D eigenvalue weighted by atomic mass is 10.0. The number of carbonyl (C=O) groups excluding carboxylic acids is 1. The molecule has 0 aliphatic carbocycles. The van der Waals surface area contributed by atoms with Crippen LogP contribution in [0.2, 0.25) is 0 Å². The van der Waals surface area contributed by atoms with Crippen LogP contribution in [0.25, 0.3) is 0 Å². The van der Waals surface area contributed by atoms with Gasteiger partial charge in [0, 0.05) is 5.56 Å². The van der Waals surface area contributed by atoms with Crippen LogP contribution < -0.4 is 0 Å². The number of aryl methyl sites for hydroxylation is 1. The van der Waals surface area contributed by atoms with E-state index in [-0.39, 0.29) is 5.78 Å². The molecule has 0 aliphatic rings. The van der Waals surface area contributed by atoms with E-state index in [1.165, 1.54) is 18.2 Å². The lowest BCUT2D eigenvalue weighted by Gasteiger charge is -2.00. The highest BCUT2D eigenvalue weighted by Gasteiger charge is 2.05. The fourth-order valence-electron chi connectivity index (χ4n) is 0.970. The van der Waals surface area contributed by atoms with Crippen LogP contribution in [0.4, 0.5) is 4.39 Å². The van der Waals surface area contributed by atoms with Crippen molar-refractivity contribution < 1.29 is 9.18 Å². The summed E-state index contributed by atoms with van der Waals surface area (Å²) in [5, 5.41) is 0. The third-order valence-corrected chi connectivity index (χ3v) is 1.65. The van der Waals surface area contributed by atoms with Gasteiger partial charge < -0.3 is 0 Å². The fraction of sp³-hybridized carbons (Fsp3) is 0.100. The van der Waals surface area contributed by atoms with E-state index >= 15 is 0 Å². The summed E-state index contributed by atoms with van der Waals surface area (Å²) in [5.41, 5.74) is 1.14. The van der Waals surface area contributed by atoms with E-state index in [0.29, 0.717) is 5.56 Å². The first-order valence-corrected chi connectivity index (χ1v) is 3.58. The van der Waals surface area contributed by atoms with Gasteiger partial charge in [-0.3, -0.25) is 4.79 Å². The summed E-state index contributed by atoms with van der Waals surface area (Å²) in [7, 11) is 0. The highest BCUT2D eigenvalue weighted by atomic mass is 19.1. The van der Waals surface area contributed by atoms with E-state index in [0.717, 1.165) is 5.56 Å². The van der Waals surface area contributed by atoms with Gasteiger partial charge in [0.1, 0.15) is 5.82 Å². The van der Waals surface area contributed by atoms with Crippen LogP contribution >= 0.6 is 0 Å². The van der Waals surface area contributed by atoms with Crippen LogP contribution in [0.1, 0.15) is 15.9 Å². The molecule has 62 valence electrons. The van der Waals surface area contributed by atoms with E-state index in [4.69, 9.17) is 0 Å².